The van der Waals surface area contributed by atoms with E-state index in [9.17, 15) is 5.21 Å². The predicted molar refractivity (Wildman–Crippen MR) is 144 cm³/mol. The Hall–Kier alpha value is -2.75. The molecule has 0 amide bonds. The van der Waals surface area contributed by atoms with Crippen LogP contribution >= 0.6 is 0 Å². The quantitative estimate of drug-likeness (QED) is 0.299. The van der Waals surface area contributed by atoms with Crippen molar-refractivity contribution in [2.24, 2.45) is 39.7 Å². The summed E-state index contributed by atoms with van der Waals surface area (Å²) >= 11 is 0. The standard InChI is InChI=1S/C32H38N2O2/c1-31-15-14-27-23(26(31)11-13-30(31)34-35)10-8-21-16-29-25(18-32(21,27)2)24-17-22(9-12-28(24)33-29)36-19-20-6-4-3-5-7-20/h3-7,9,12,17,21,23,26-27,33,35H,8,10-11,13-16,18-19H2,1-2H3. The number of benzene rings is 2. The minimum atomic E-state index is 0.116. The van der Waals surface area contributed by atoms with Crippen molar-refractivity contribution in [1.29, 1.82) is 0 Å². The minimum Gasteiger partial charge on any atom is -0.489 e. The second kappa shape index (κ2) is 8.13. The highest BCUT2D eigenvalue weighted by molar-refractivity contribution is 5.92. The average molecular weight is 483 g/mol. The van der Waals surface area contributed by atoms with Crippen molar-refractivity contribution in [1.82, 2.24) is 4.98 Å². The van der Waals surface area contributed by atoms with Crippen LogP contribution in [0.2, 0.25) is 0 Å². The normalized spacial score (nSPS) is 36.2. The number of fused-ring (bicyclic) bond motifs is 8. The Bertz CT molecular complexity index is 1330. The van der Waals surface area contributed by atoms with Crippen LogP contribution in [0, 0.1) is 34.5 Å². The molecule has 2 aromatic carbocycles. The van der Waals surface area contributed by atoms with Crippen molar-refractivity contribution in [2.45, 2.75) is 71.8 Å². The third-order valence-electron chi connectivity index (χ3n) is 11.1. The van der Waals surface area contributed by atoms with Gasteiger partial charge < -0.3 is 14.9 Å². The van der Waals surface area contributed by atoms with E-state index < -0.39 is 0 Å². The van der Waals surface area contributed by atoms with Crippen molar-refractivity contribution in [3.63, 3.8) is 0 Å². The molecule has 4 nitrogen and oxygen atoms in total. The highest BCUT2D eigenvalue weighted by Crippen LogP contribution is 2.65. The number of rotatable bonds is 3. The van der Waals surface area contributed by atoms with Crippen molar-refractivity contribution >= 4 is 16.6 Å². The van der Waals surface area contributed by atoms with Crippen LogP contribution in [0.25, 0.3) is 10.9 Å². The Morgan fingerprint density at radius 1 is 1.03 bits per heavy atom. The first kappa shape index (κ1) is 22.4. The van der Waals surface area contributed by atoms with Gasteiger partial charge in [0.05, 0.1) is 5.71 Å². The van der Waals surface area contributed by atoms with E-state index in [0.29, 0.717) is 17.9 Å². The molecule has 36 heavy (non-hydrogen) atoms. The van der Waals surface area contributed by atoms with Gasteiger partial charge in [0.1, 0.15) is 12.4 Å². The maximum absolute atomic E-state index is 9.69. The molecule has 188 valence electrons. The van der Waals surface area contributed by atoms with Gasteiger partial charge in [-0.1, -0.05) is 49.3 Å². The first-order valence-corrected chi connectivity index (χ1v) is 14.0. The van der Waals surface area contributed by atoms with E-state index in [1.807, 2.05) is 6.07 Å². The lowest BCUT2D eigenvalue weighted by atomic mass is 9.45. The summed E-state index contributed by atoms with van der Waals surface area (Å²) in [6.45, 7) is 5.60. The molecule has 6 atom stereocenters. The molecule has 0 aliphatic heterocycles. The maximum Gasteiger partial charge on any atom is 0.120 e. The molecule has 4 aliphatic carbocycles. The lowest BCUT2D eigenvalue weighted by Gasteiger charge is -2.59. The van der Waals surface area contributed by atoms with Gasteiger partial charge >= 0.3 is 0 Å². The van der Waals surface area contributed by atoms with E-state index in [4.69, 9.17) is 4.74 Å². The van der Waals surface area contributed by atoms with Crippen LogP contribution in [0.15, 0.2) is 53.7 Å². The molecule has 1 heterocycles. The van der Waals surface area contributed by atoms with Crippen LogP contribution in [-0.4, -0.2) is 15.9 Å². The molecule has 7 rings (SSSR count). The van der Waals surface area contributed by atoms with E-state index in [2.05, 4.69) is 66.5 Å². The van der Waals surface area contributed by atoms with Gasteiger partial charge in [-0.25, -0.2) is 0 Å². The third-order valence-corrected chi connectivity index (χ3v) is 11.1. The molecule has 0 radical (unpaired) electrons. The number of ether oxygens (including phenoxy) is 1. The van der Waals surface area contributed by atoms with Crippen LogP contribution in [-0.2, 0) is 19.4 Å². The summed E-state index contributed by atoms with van der Waals surface area (Å²) in [5, 5.41) is 14.8. The SMILES string of the molecule is CC12CCC3C(CCC4Cc5[nH]c6ccc(OCc7ccccc7)cc6c5CC43C)C1CCC2=NO. The number of aromatic amines is 1. The maximum atomic E-state index is 9.69. The number of hydrogen-bond donors (Lipinski definition) is 2. The number of hydrogen-bond acceptors (Lipinski definition) is 3. The number of nitrogens with one attached hydrogen (secondary N) is 1. The molecular formula is C32H38N2O2. The topological polar surface area (TPSA) is 57.6 Å². The third kappa shape index (κ3) is 3.22. The summed E-state index contributed by atoms with van der Waals surface area (Å²) in [5.41, 5.74) is 6.97. The molecule has 1 aromatic heterocycles. The Labute approximate surface area is 214 Å². The summed E-state index contributed by atoms with van der Waals surface area (Å²) in [6.07, 6.45) is 9.66. The van der Waals surface area contributed by atoms with Crippen LogP contribution in [0.5, 0.6) is 5.75 Å². The fourth-order valence-corrected chi connectivity index (χ4v) is 9.22. The number of nitrogens with zero attached hydrogens (tertiary/aromatic N) is 1. The monoisotopic (exact) mass is 482 g/mol. The number of aromatic nitrogens is 1. The summed E-state index contributed by atoms with van der Waals surface area (Å²) in [7, 11) is 0. The summed E-state index contributed by atoms with van der Waals surface area (Å²) in [4.78, 5) is 3.80. The largest absolute Gasteiger partial charge is 0.489 e. The molecule has 3 fully saturated rings. The van der Waals surface area contributed by atoms with Crippen molar-refractivity contribution < 1.29 is 9.94 Å². The molecule has 4 aliphatic rings. The Kier molecular flexibility index (Phi) is 5.07. The highest BCUT2D eigenvalue weighted by atomic mass is 16.5. The molecule has 6 unspecified atom stereocenters. The molecule has 0 spiro atoms. The molecule has 4 heteroatoms. The van der Waals surface area contributed by atoms with Gasteiger partial charge in [0.2, 0.25) is 0 Å². The van der Waals surface area contributed by atoms with Gasteiger partial charge in [0.25, 0.3) is 0 Å². The molecule has 2 N–H and O–H groups in total. The molecule has 0 saturated heterocycles. The summed E-state index contributed by atoms with van der Waals surface area (Å²) < 4.78 is 6.21. The van der Waals surface area contributed by atoms with Crippen LogP contribution < -0.4 is 4.74 Å². The van der Waals surface area contributed by atoms with Crippen LogP contribution in [0.3, 0.4) is 0 Å². The Morgan fingerprint density at radius 3 is 2.72 bits per heavy atom. The fraction of sp³-hybridized carbons (Fsp3) is 0.531. The van der Waals surface area contributed by atoms with Gasteiger partial charge in [-0.2, -0.15) is 0 Å². The lowest BCUT2D eigenvalue weighted by Crippen LogP contribution is -2.54. The first-order valence-electron chi connectivity index (χ1n) is 14.0. The zero-order valence-corrected chi connectivity index (χ0v) is 21.6. The van der Waals surface area contributed by atoms with Gasteiger partial charge in [-0.05, 0) is 110 Å². The molecule has 3 aromatic rings. The van der Waals surface area contributed by atoms with Gasteiger partial charge in [-0.3, -0.25) is 0 Å². The van der Waals surface area contributed by atoms with Gasteiger partial charge in [0, 0.05) is 22.0 Å². The van der Waals surface area contributed by atoms with Crippen molar-refractivity contribution in [3.8, 4) is 5.75 Å². The predicted octanol–water partition coefficient (Wildman–Crippen LogP) is 7.53. The fourth-order valence-electron chi connectivity index (χ4n) is 9.22. The Morgan fingerprint density at radius 2 is 1.89 bits per heavy atom. The van der Waals surface area contributed by atoms with Gasteiger partial charge in [0.15, 0.2) is 0 Å². The Balaban J connectivity index is 1.19. The minimum absolute atomic E-state index is 0.116. The highest BCUT2D eigenvalue weighted by Gasteiger charge is 2.59. The second-order valence-electron chi connectivity index (χ2n) is 12.6. The summed E-state index contributed by atoms with van der Waals surface area (Å²) in [6, 6.07) is 17.0. The first-order chi connectivity index (χ1) is 17.5. The van der Waals surface area contributed by atoms with E-state index in [-0.39, 0.29) is 5.41 Å². The smallest absolute Gasteiger partial charge is 0.120 e. The van der Waals surface area contributed by atoms with Crippen molar-refractivity contribution in [3.05, 3.63) is 65.4 Å². The van der Waals surface area contributed by atoms with E-state index in [0.717, 1.165) is 35.6 Å². The second-order valence-corrected chi connectivity index (χ2v) is 12.6. The zero-order chi connectivity index (χ0) is 24.5. The van der Waals surface area contributed by atoms with Crippen molar-refractivity contribution in [2.75, 3.05) is 0 Å². The van der Waals surface area contributed by atoms with E-state index in [1.165, 1.54) is 72.7 Å². The lowest BCUT2D eigenvalue weighted by molar-refractivity contribution is -0.0796. The number of H-pyrrole nitrogens is 1. The molecular weight excluding hydrogens is 444 g/mol. The summed E-state index contributed by atoms with van der Waals surface area (Å²) in [5.74, 6) is 3.92. The average Bonchev–Trinajstić information content (AvgIpc) is 3.42. The number of oxime groups is 1. The molecule has 0 bridgehead atoms. The van der Waals surface area contributed by atoms with Crippen LogP contribution in [0.4, 0.5) is 0 Å². The molecule has 3 saturated carbocycles. The van der Waals surface area contributed by atoms with E-state index >= 15 is 0 Å². The van der Waals surface area contributed by atoms with Gasteiger partial charge in [-0.15, -0.1) is 0 Å². The van der Waals surface area contributed by atoms with Crippen LogP contribution in [0.1, 0.15) is 69.2 Å². The zero-order valence-electron chi connectivity index (χ0n) is 21.6. The van der Waals surface area contributed by atoms with E-state index in [1.54, 1.807) is 0 Å².